The number of para-hydroxylation sites is 1. The van der Waals surface area contributed by atoms with E-state index in [9.17, 15) is 4.79 Å². The molecule has 0 saturated carbocycles. The molecule has 2 aromatic rings. The van der Waals surface area contributed by atoms with Gasteiger partial charge in [0.05, 0.1) is 27.0 Å². The van der Waals surface area contributed by atoms with Gasteiger partial charge in [-0.1, -0.05) is 12.1 Å². The third-order valence-electron chi connectivity index (χ3n) is 3.47. The van der Waals surface area contributed by atoms with Gasteiger partial charge in [0, 0.05) is 11.1 Å². The molecule has 2 rings (SSSR count). The topological polar surface area (TPSA) is 69.2 Å². The van der Waals surface area contributed by atoms with Gasteiger partial charge in [-0.3, -0.25) is 4.79 Å². The predicted octanol–water partition coefficient (Wildman–Crippen LogP) is 2.87. The third kappa shape index (κ3) is 3.84. The molecule has 1 amide bonds. The van der Waals surface area contributed by atoms with Crippen molar-refractivity contribution in [1.29, 1.82) is 0 Å². The lowest BCUT2D eigenvalue weighted by atomic mass is 10.1. The van der Waals surface area contributed by atoms with E-state index in [-0.39, 0.29) is 5.91 Å². The molecular weight excluding hydrogens is 308 g/mol. The number of methoxy groups -OCH3 is 3. The van der Waals surface area contributed by atoms with E-state index in [4.69, 9.17) is 14.2 Å². The highest BCUT2D eigenvalue weighted by molar-refractivity contribution is 6.02. The second-order valence-corrected chi connectivity index (χ2v) is 4.91. The van der Waals surface area contributed by atoms with Crippen LogP contribution in [0.25, 0.3) is 0 Å². The lowest BCUT2D eigenvalue weighted by Crippen LogP contribution is -2.19. The summed E-state index contributed by atoms with van der Waals surface area (Å²) < 4.78 is 15.6. The average Bonchev–Trinajstić information content (AvgIpc) is 2.64. The second-order valence-electron chi connectivity index (χ2n) is 4.91. The van der Waals surface area contributed by atoms with Gasteiger partial charge in [-0.2, -0.15) is 5.10 Å². The van der Waals surface area contributed by atoms with Crippen LogP contribution in [0, 0.1) is 0 Å². The molecule has 0 aromatic heterocycles. The number of ether oxygens (including phenoxy) is 3. The Morgan fingerprint density at radius 3 is 2.25 bits per heavy atom. The van der Waals surface area contributed by atoms with E-state index in [0.29, 0.717) is 28.5 Å². The van der Waals surface area contributed by atoms with Gasteiger partial charge in [-0.15, -0.1) is 0 Å². The maximum Gasteiger partial charge on any atom is 0.271 e. The average molecular weight is 328 g/mol. The van der Waals surface area contributed by atoms with E-state index in [1.165, 1.54) is 7.11 Å². The maximum atomic E-state index is 12.3. The van der Waals surface area contributed by atoms with Crippen LogP contribution in [0.2, 0.25) is 0 Å². The van der Waals surface area contributed by atoms with E-state index in [1.807, 2.05) is 24.3 Å². The van der Waals surface area contributed by atoms with Gasteiger partial charge in [0.25, 0.3) is 5.91 Å². The fraction of sp³-hybridized carbons (Fsp3) is 0.222. The minimum absolute atomic E-state index is 0.342. The minimum atomic E-state index is -0.342. The highest BCUT2D eigenvalue weighted by atomic mass is 16.5. The van der Waals surface area contributed by atoms with Crippen LogP contribution in [0.5, 0.6) is 17.2 Å². The number of hydrazone groups is 1. The quantitative estimate of drug-likeness (QED) is 0.654. The monoisotopic (exact) mass is 328 g/mol. The Morgan fingerprint density at radius 1 is 0.917 bits per heavy atom. The van der Waals surface area contributed by atoms with E-state index < -0.39 is 0 Å². The zero-order chi connectivity index (χ0) is 17.5. The van der Waals surface area contributed by atoms with Crippen molar-refractivity contribution < 1.29 is 19.0 Å². The summed E-state index contributed by atoms with van der Waals surface area (Å²) in [6, 6.07) is 12.4. The smallest absolute Gasteiger partial charge is 0.271 e. The molecule has 0 aliphatic carbocycles. The zero-order valence-electron chi connectivity index (χ0n) is 14.1. The minimum Gasteiger partial charge on any atom is -0.496 e. The molecule has 24 heavy (non-hydrogen) atoms. The summed E-state index contributed by atoms with van der Waals surface area (Å²) in [5.74, 6) is 1.39. The lowest BCUT2D eigenvalue weighted by Gasteiger charge is -2.10. The van der Waals surface area contributed by atoms with E-state index in [1.54, 1.807) is 39.3 Å². The molecule has 0 bridgehead atoms. The van der Waals surface area contributed by atoms with Crippen LogP contribution in [0.1, 0.15) is 22.8 Å². The molecule has 126 valence electrons. The van der Waals surface area contributed by atoms with E-state index in [2.05, 4.69) is 10.5 Å². The summed E-state index contributed by atoms with van der Waals surface area (Å²) >= 11 is 0. The highest BCUT2D eigenvalue weighted by Crippen LogP contribution is 2.27. The third-order valence-corrected chi connectivity index (χ3v) is 3.47. The number of carbonyl (C=O) groups excluding carboxylic acids is 1. The first-order chi connectivity index (χ1) is 11.6. The fourth-order valence-corrected chi connectivity index (χ4v) is 2.18. The van der Waals surface area contributed by atoms with Crippen molar-refractivity contribution in [3.8, 4) is 17.2 Å². The van der Waals surface area contributed by atoms with Crippen LogP contribution in [-0.4, -0.2) is 32.9 Å². The molecule has 6 nitrogen and oxygen atoms in total. The molecule has 0 unspecified atom stereocenters. The van der Waals surface area contributed by atoms with Crippen molar-refractivity contribution in [3.63, 3.8) is 0 Å². The number of rotatable bonds is 6. The SMILES string of the molecule is COc1ccc(C(=O)N/N=C(/C)c2ccccc2OC)cc1OC. The molecule has 0 heterocycles. The van der Waals surface area contributed by atoms with Crippen molar-refractivity contribution >= 4 is 11.6 Å². The van der Waals surface area contributed by atoms with Crippen LogP contribution in [-0.2, 0) is 0 Å². The summed E-state index contributed by atoms with van der Waals surface area (Å²) in [7, 11) is 4.65. The molecule has 0 atom stereocenters. The molecule has 0 saturated heterocycles. The predicted molar refractivity (Wildman–Crippen MR) is 92.2 cm³/mol. The Kier molecular flexibility index (Phi) is 5.78. The van der Waals surface area contributed by atoms with Gasteiger partial charge < -0.3 is 14.2 Å². The summed E-state index contributed by atoms with van der Waals surface area (Å²) in [5.41, 5.74) is 4.41. The Bertz CT molecular complexity index is 756. The van der Waals surface area contributed by atoms with Crippen LogP contribution >= 0.6 is 0 Å². The molecular formula is C18H20N2O4. The summed E-state index contributed by atoms with van der Waals surface area (Å²) in [6.45, 7) is 1.80. The number of benzene rings is 2. The molecule has 0 aliphatic rings. The Hall–Kier alpha value is -3.02. The van der Waals surface area contributed by atoms with Crippen molar-refractivity contribution in [2.75, 3.05) is 21.3 Å². The van der Waals surface area contributed by atoms with Gasteiger partial charge in [0.2, 0.25) is 0 Å². The molecule has 6 heteroatoms. The fourth-order valence-electron chi connectivity index (χ4n) is 2.18. The summed E-state index contributed by atoms with van der Waals surface area (Å²) in [5, 5.41) is 4.14. The first-order valence-corrected chi connectivity index (χ1v) is 7.30. The van der Waals surface area contributed by atoms with Crippen LogP contribution in [0.15, 0.2) is 47.6 Å². The Labute approximate surface area is 141 Å². The summed E-state index contributed by atoms with van der Waals surface area (Å²) in [6.07, 6.45) is 0. The molecule has 0 fully saturated rings. The van der Waals surface area contributed by atoms with Gasteiger partial charge in [0.1, 0.15) is 5.75 Å². The maximum absolute atomic E-state index is 12.3. The molecule has 1 N–H and O–H groups in total. The van der Waals surface area contributed by atoms with E-state index in [0.717, 1.165) is 5.56 Å². The number of nitrogens with zero attached hydrogens (tertiary/aromatic N) is 1. The summed E-state index contributed by atoms with van der Waals surface area (Å²) in [4.78, 5) is 12.3. The van der Waals surface area contributed by atoms with Gasteiger partial charge >= 0.3 is 0 Å². The van der Waals surface area contributed by atoms with Crippen LogP contribution < -0.4 is 19.6 Å². The Morgan fingerprint density at radius 2 is 1.58 bits per heavy atom. The highest BCUT2D eigenvalue weighted by Gasteiger charge is 2.11. The zero-order valence-corrected chi connectivity index (χ0v) is 14.1. The number of carbonyl (C=O) groups is 1. The van der Waals surface area contributed by atoms with Gasteiger partial charge in [0.15, 0.2) is 11.5 Å². The number of nitrogens with one attached hydrogen (secondary N) is 1. The lowest BCUT2D eigenvalue weighted by molar-refractivity contribution is 0.0954. The molecule has 0 aliphatic heterocycles. The molecule has 2 aromatic carbocycles. The van der Waals surface area contributed by atoms with Crippen molar-refractivity contribution in [3.05, 3.63) is 53.6 Å². The van der Waals surface area contributed by atoms with Crippen molar-refractivity contribution in [2.24, 2.45) is 5.10 Å². The van der Waals surface area contributed by atoms with Crippen LogP contribution in [0.3, 0.4) is 0 Å². The van der Waals surface area contributed by atoms with Crippen molar-refractivity contribution in [2.45, 2.75) is 6.92 Å². The largest absolute Gasteiger partial charge is 0.496 e. The first kappa shape index (κ1) is 17.3. The molecule has 0 spiro atoms. The van der Waals surface area contributed by atoms with E-state index >= 15 is 0 Å². The van der Waals surface area contributed by atoms with Crippen LogP contribution in [0.4, 0.5) is 0 Å². The standard InChI is InChI=1S/C18H20N2O4/c1-12(14-7-5-6-8-15(14)22-2)19-20-18(21)13-9-10-16(23-3)17(11-13)24-4/h5-11H,1-4H3,(H,20,21)/b19-12-. The van der Waals surface area contributed by atoms with Crippen molar-refractivity contribution in [1.82, 2.24) is 5.43 Å². The Balaban J connectivity index is 2.17. The number of hydrogen-bond donors (Lipinski definition) is 1. The second kappa shape index (κ2) is 8.01. The molecule has 0 radical (unpaired) electrons. The van der Waals surface area contributed by atoms with Gasteiger partial charge in [-0.25, -0.2) is 5.43 Å². The number of amides is 1. The van der Waals surface area contributed by atoms with Gasteiger partial charge in [-0.05, 0) is 37.3 Å². The first-order valence-electron chi connectivity index (χ1n) is 7.30. The number of hydrogen-bond acceptors (Lipinski definition) is 5. The normalized spacial score (nSPS) is 10.9.